The highest BCUT2D eigenvalue weighted by atomic mass is 32.1. The Balaban J connectivity index is 3.11. The number of aromatic amines is 2. The first-order valence-corrected chi connectivity index (χ1v) is 3.59. The molecule has 0 saturated carbocycles. The molecule has 0 amide bonds. The van der Waals surface area contributed by atoms with Crippen LogP contribution in [-0.4, -0.2) is 14.8 Å². The van der Waals surface area contributed by atoms with Crippen LogP contribution in [0.15, 0.2) is 9.59 Å². The molecule has 0 aliphatic carbocycles. The molecular formula is C4H4N4O2S. The predicted octanol–water partition coefficient (Wildman–Crippen LogP) is -1.04. The van der Waals surface area contributed by atoms with Crippen LogP contribution in [0.5, 0.6) is 0 Å². The predicted molar refractivity (Wildman–Crippen MR) is 40.9 cm³/mol. The van der Waals surface area contributed by atoms with E-state index in [0.717, 1.165) is 11.3 Å². The van der Waals surface area contributed by atoms with E-state index in [4.69, 9.17) is 5.73 Å². The molecule has 2 aromatic rings. The second kappa shape index (κ2) is 1.76. The minimum absolute atomic E-state index is 0.0772. The van der Waals surface area contributed by atoms with Crippen molar-refractivity contribution in [1.29, 1.82) is 0 Å². The highest BCUT2D eigenvalue weighted by Crippen LogP contribution is 2.07. The molecule has 11 heavy (non-hydrogen) atoms. The number of hydrogen-bond acceptors (Lipinski definition) is 4. The SMILES string of the molecule is Nc1c(=O)[nH]n2[nH]c(=O)sc12. The van der Waals surface area contributed by atoms with Gasteiger partial charge in [-0.3, -0.25) is 9.59 Å². The molecule has 58 valence electrons. The first-order chi connectivity index (χ1) is 5.18. The van der Waals surface area contributed by atoms with Crippen molar-refractivity contribution in [3.05, 3.63) is 20.0 Å². The Kier molecular flexibility index (Phi) is 0.994. The maximum atomic E-state index is 10.8. The monoisotopic (exact) mass is 172 g/mol. The van der Waals surface area contributed by atoms with Crippen LogP contribution in [0.4, 0.5) is 5.69 Å². The van der Waals surface area contributed by atoms with E-state index in [0.29, 0.717) is 4.83 Å². The van der Waals surface area contributed by atoms with Crippen molar-refractivity contribution in [1.82, 2.24) is 14.8 Å². The summed E-state index contributed by atoms with van der Waals surface area (Å²) in [6.07, 6.45) is 0. The van der Waals surface area contributed by atoms with Crippen LogP contribution in [0.3, 0.4) is 0 Å². The first-order valence-electron chi connectivity index (χ1n) is 2.78. The molecule has 0 unspecified atom stereocenters. The largest absolute Gasteiger partial charge is 0.392 e. The third-order valence-corrected chi connectivity index (χ3v) is 2.16. The third kappa shape index (κ3) is 0.709. The summed E-state index contributed by atoms with van der Waals surface area (Å²) >= 11 is 0.895. The number of nitrogens with zero attached hydrogens (tertiary/aromatic N) is 1. The van der Waals surface area contributed by atoms with Crippen molar-refractivity contribution in [2.75, 3.05) is 5.73 Å². The van der Waals surface area contributed by atoms with Gasteiger partial charge in [-0.1, -0.05) is 11.3 Å². The second-order valence-corrected chi connectivity index (χ2v) is 2.96. The summed E-state index contributed by atoms with van der Waals surface area (Å²) in [5.41, 5.74) is 5.03. The number of nitrogen functional groups attached to an aromatic ring is 1. The van der Waals surface area contributed by atoms with Gasteiger partial charge in [0, 0.05) is 0 Å². The van der Waals surface area contributed by atoms with Gasteiger partial charge in [-0.05, 0) is 0 Å². The Bertz CT molecular complexity index is 500. The fourth-order valence-corrected chi connectivity index (χ4v) is 1.51. The van der Waals surface area contributed by atoms with Gasteiger partial charge < -0.3 is 5.73 Å². The van der Waals surface area contributed by atoms with Crippen molar-refractivity contribution in [3.8, 4) is 0 Å². The average Bonchev–Trinajstić information content (AvgIpc) is 2.37. The number of anilines is 1. The van der Waals surface area contributed by atoms with Crippen LogP contribution in [0.25, 0.3) is 4.83 Å². The summed E-state index contributed by atoms with van der Waals surface area (Å²) in [4.78, 5) is 21.7. The molecule has 0 radical (unpaired) electrons. The molecule has 0 aromatic carbocycles. The molecule has 7 heteroatoms. The van der Waals surface area contributed by atoms with E-state index in [1.807, 2.05) is 0 Å². The van der Waals surface area contributed by atoms with Crippen LogP contribution in [0.2, 0.25) is 0 Å². The van der Waals surface area contributed by atoms with Crippen molar-refractivity contribution in [2.45, 2.75) is 0 Å². The van der Waals surface area contributed by atoms with Gasteiger partial charge in [-0.15, -0.1) is 0 Å². The topological polar surface area (TPSA) is 96.2 Å². The van der Waals surface area contributed by atoms with Gasteiger partial charge in [0.15, 0.2) is 4.83 Å². The number of H-pyrrole nitrogens is 2. The number of rotatable bonds is 0. The summed E-state index contributed by atoms with van der Waals surface area (Å²) in [7, 11) is 0. The van der Waals surface area contributed by atoms with Crippen LogP contribution in [0, 0.1) is 0 Å². The summed E-state index contributed by atoms with van der Waals surface area (Å²) in [6.45, 7) is 0. The number of nitrogens with two attached hydrogens (primary N) is 1. The summed E-state index contributed by atoms with van der Waals surface area (Å²) < 4.78 is 1.21. The molecule has 0 aliphatic rings. The number of hydrogen-bond donors (Lipinski definition) is 3. The fourth-order valence-electron chi connectivity index (χ4n) is 0.811. The van der Waals surface area contributed by atoms with Gasteiger partial charge in [0.05, 0.1) is 0 Å². The lowest BCUT2D eigenvalue weighted by Gasteiger charge is -1.76. The van der Waals surface area contributed by atoms with Crippen molar-refractivity contribution >= 4 is 21.9 Å². The van der Waals surface area contributed by atoms with Crippen LogP contribution >= 0.6 is 11.3 Å². The Labute approximate surface area is 63.2 Å². The van der Waals surface area contributed by atoms with Gasteiger partial charge in [-0.25, -0.2) is 10.2 Å². The van der Waals surface area contributed by atoms with Crippen molar-refractivity contribution < 1.29 is 0 Å². The van der Waals surface area contributed by atoms with E-state index < -0.39 is 0 Å². The lowest BCUT2D eigenvalue weighted by Crippen LogP contribution is -2.07. The Morgan fingerprint density at radius 2 is 2.09 bits per heavy atom. The fraction of sp³-hybridized carbons (Fsp3) is 0. The Hall–Kier alpha value is -1.50. The van der Waals surface area contributed by atoms with Gasteiger partial charge >= 0.3 is 4.87 Å². The molecule has 0 aliphatic heterocycles. The molecular weight excluding hydrogens is 168 g/mol. The summed E-state index contributed by atoms with van der Waals surface area (Å²) in [5.74, 6) is 0. The van der Waals surface area contributed by atoms with Gasteiger partial charge in [0.1, 0.15) is 5.69 Å². The standard InChI is InChI=1S/C4H4N4O2S/c5-1-2(9)6-8-3(1)11-4(10)7-8/h5H2,(H,6,9)(H,7,10). The van der Waals surface area contributed by atoms with Gasteiger partial charge in [0.2, 0.25) is 0 Å². The second-order valence-electron chi connectivity index (χ2n) is 2.00. The van der Waals surface area contributed by atoms with E-state index in [2.05, 4.69) is 10.2 Å². The maximum absolute atomic E-state index is 10.8. The highest BCUT2D eigenvalue weighted by Gasteiger charge is 2.06. The van der Waals surface area contributed by atoms with Crippen LogP contribution < -0.4 is 16.2 Å². The average molecular weight is 172 g/mol. The Morgan fingerprint density at radius 1 is 1.36 bits per heavy atom. The quantitative estimate of drug-likeness (QED) is 0.473. The molecule has 0 spiro atoms. The Morgan fingerprint density at radius 3 is 2.73 bits per heavy atom. The van der Waals surface area contributed by atoms with Crippen LogP contribution in [0.1, 0.15) is 0 Å². The lowest BCUT2D eigenvalue weighted by atomic mass is 10.6. The minimum atomic E-state index is -0.382. The van der Waals surface area contributed by atoms with Crippen molar-refractivity contribution in [2.24, 2.45) is 0 Å². The number of aromatic nitrogens is 3. The molecule has 2 heterocycles. The number of nitrogens with one attached hydrogen (secondary N) is 2. The molecule has 2 aromatic heterocycles. The van der Waals surface area contributed by atoms with E-state index in [1.165, 1.54) is 4.63 Å². The van der Waals surface area contributed by atoms with E-state index in [-0.39, 0.29) is 16.1 Å². The molecule has 6 nitrogen and oxygen atoms in total. The summed E-state index contributed by atoms with van der Waals surface area (Å²) in [6, 6.07) is 0. The zero-order valence-corrected chi connectivity index (χ0v) is 6.07. The molecule has 0 atom stereocenters. The molecule has 0 fully saturated rings. The number of fused-ring (bicyclic) bond motifs is 1. The van der Waals surface area contributed by atoms with E-state index >= 15 is 0 Å². The molecule has 0 saturated heterocycles. The van der Waals surface area contributed by atoms with Gasteiger partial charge in [0.25, 0.3) is 5.56 Å². The van der Waals surface area contributed by atoms with Gasteiger partial charge in [-0.2, -0.15) is 4.63 Å². The minimum Gasteiger partial charge on any atom is -0.392 e. The molecule has 2 rings (SSSR count). The van der Waals surface area contributed by atoms with Crippen LogP contribution in [-0.2, 0) is 0 Å². The molecule has 4 N–H and O–H groups in total. The maximum Gasteiger partial charge on any atom is 0.322 e. The smallest absolute Gasteiger partial charge is 0.322 e. The van der Waals surface area contributed by atoms with E-state index in [1.54, 1.807) is 0 Å². The highest BCUT2D eigenvalue weighted by molar-refractivity contribution is 7.15. The lowest BCUT2D eigenvalue weighted by molar-refractivity contribution is 0.795. The molecule has 0 bridgehead atoms. The van der Waals surface area contributed by atoms with E-state index in [9.17, 15) is 9.59 Å². The normalized spacial score (nSPS) is 10.9. The first kappa shape index (κ1) is 6.23. The zero-order valence-electron chi connectivity index (χ0n) is 5.25. The summed E-state index contributed by atoms with van der Waals surface area (Å²) in [5, 5.41) is 4.70. The van der Waals surface area contributed by atoms with Crippen molar-refractivity contribution in [3.63, 3.8) is 0 Å². The zero-order chi connectivity index (χ0) is 8.01. The third-order valence-electron chi connectivity index (χ3n) is 1.28.